The number of amides is 1. The maximum Gasteiger partial charge on any atom is 0.237 e. The van der Waals surface area contributed by atoms with E-state index in [0.717, 1.165) is 5.56 Å². The van der Waals surface area contributed by atoms with E-state index in [1.54, 1.807) is 18.2 Å². The van der Waals surface area contributed by atoms with Crippen LogP contribution in [0.5, 0.6) is 0 Å². The average Bonchev–Trinajstić information content (AvgIpc) is 2.52. The maximum absolute atomic E-state index is 13.0. The fourth-order valence-electron chi connectivity index (χ4n) is 2.39. The summed E-state index contributed by atoms with van der Waals surface area (Å²) in [5.74, 6) is -0.279. The van der Waals surface area contributed by atoms with Crippen LogP contribution < -0.4 is 5.32 Å². The number of nitrogens with one attached hydrogen (secondary N) is 1. The molecule has 0 aromatic heterocycles. The average molecular weight is 292 g/mol. The number of hydrogen-bond acceptors (Lipinski definition) is 3. The van der Waals surface area contributed by atoms with Crippen LogP contribution in [-0.2, 0) is 9.53 Å². The molecule has 1 aliphatic heterocycles. The van der Waals surface area contributed by atoms with Gasteiger partial charge >= 0.3 is 0 Å². The van der Waals surface area contributed by atoms with Crippen LogP contribution in [0.3, 0.4) is 0 Å². The fourth-order valence-corrected chi connectivity index (χ4v) is 2.39. The minimum absolute atomic E-state index is 0.0188. The molecule has 0 radical (unpaired) electrons. The number of carbonyl (C=O) groups excluding carboxylic acids is 1. The van der Waals surface area contributed by atoms with Crippen molar-refractivity contribution in [3.63, 3.8) is 0 Å². The molecule has 21 heavy (non-hydrogen) atoms. The summed E-state index contributed by atoms with van der Waals surface area (Å²) in [6, 6.07) is 6.09. The van der Waals surface area contributed by atoms with Gasteiger partial charge in [0, 0.05) is 19.6 Å². The van der Waals surface area contributed by atoms with E-state index in [1.807, 2.05) is 6.92 Å². The second-order valence-corrected chi connectivity index (χ2v) is 5.12. The molecule has 1 saturated heterocycles. The predicted molar refractivity (Wildman–Crippen MR) is 79.3 cm³/mol. The number of morpholine rings is 1. The molecule has 2 atom stereocenters. The smallest absolute Gasteiger partial charge is 0.237 e. The largest absolute Gasteiger partial charge is 0.371 e. The van der Waals surface area contributed by atoms with E-state index in [9.17, 15) is 9.18 Å². The van der Waals surface area contributed by atoms with Crippen molar-refractivity contribution < 1.29 is 13.9 Å². The van der Waals surface area contributed by atoms with Gasteiger partial charge in [0.1, 0.15) is 5.82 Å². The number of benzene rings is 1. The number of hydrogen-bond donors (Lipinski definition) is 1. The van der Waals surface area contributed by atoms with Crippen molar-refractivity contribution in [2.45, 2.75) is 19.1 Å². The highest BCUT2D eigenvalue weighted by atomic mass is 19.1. The highest BCUT2D eigenvalue weighted by Gasteiger charge is 2.28. The molecule has 1 N–H and O–H groups in total. The van der Waals surface area contributed by atoms with Gasteiger partial charge in [0.25, 0.3) is 0 Å². The van der Waals surface area contributed by atoms with Crippen LogP contribution in [-0.4, -0.2) is 43.1 Å². The summed E-state index contributed by atoms with van der Waals surface area (Å²) in [6.07, 6.45) is 1.53. The number of ether oxygens (including phenoxy) is 1. The Bertz CT molecular complexity index is 490. The summed E-state index contributed by atoms with van der Waals surface area (Å²) >= 11 is 0. The summed E-state index contributed by atoms with van der Waals surface area (Å²) in [5.41, 5.74) is 0.930. The first-order chi connectivity index (χ1) is 10.1. The molecule has 0 saturated carbocycles. The third-order valence-electron chi connectivity index (χ3n) is 3.69. The Hall–Kier alpha value is -1.72. The lowest BCUT2D eigenvalue weighted by Crippen LogP contribution is -2.50. The van der Waals surface area contributed by atoms with Gasteiger partial charge in [-0.15, -0.1) is 6.58 Å². The zero-order valence-corrected chi connectivity index (χ0v) is 12.2. The van der Waals surface area contributed by atoms with Crippen molar-refractivity contribution >= 4 is 5.91 Å². The van der Waals surface area contributed by atoms with Crippen LogP contribution in [0.25, 0.3) is 0 Å². The first kappa shape index (κ1) is 15.7. The first-order valence-electron chi connectivity index (χ1n) is 7.11. The minimum Gasteiger partial charge on any atom is -0.371 e. The molecule has 114 valence electrons. The zero-order chi connectivity index (χ0) is 15.2. The Labute approximate surface area is 124 Å². The Morgan fingerprint density at radius 1 is 1.57 bits per heavy atom. The molecule has 2 rings (SSSR count). The van der Waals surface area contributed by atoms with Gasteiger partial charge in [-0.05, 0) is 24.6 Å². The van der Waals surface area contributed by atoms with Gasteiger partial charge in [0.15, 0.2) is 0 Å². The van der Waals surface area contributed by atoms with Crippen LogP contribution in [0.1, 0.15) is 18.6 Å². The van der Waals surface area contributed by atoms with Crippen molar-refractivity contribution in [1.29, 1.82) is 0 Å². The van der Waals surface area contributed by atoms with E-state index in [1.165, 1.54) is 12.1 Å². The SMILES string of the molecule is C=CCNC(=O)C(C)N1CCOC(c2ccc(F)cc2)C1. The zero-order valence-electron chi connectivity index (χ0n) is 12.2. The Morgan fingerprint density at radius 2 is 2.29 bits per heavy atom. The molecule has 1 heterocycles. The summed E-state index contributed by atoms with van der Waals surface area (Å²) in [4.78, 5) is 14.1. The summed E-state index contributed by atoms with van der Waals surface area (Å²) in [6.45, 7) is 7.82. The molecule has 0 aliphatic carbocycles. The lowest BCUT2D eigenvalue weighted by molar-refractivity contribution is -0.129. The molecular formula is C16H21FN2O2. The molecule has 4 nitrogen and oxygen atoms in total. The van der Waals surface area contributed by atoms with Gasteiger partial charge in [0.05, 0.1) is 18.8 Å². The van der Waals surface area contributed by atoms with Crippen molar-refractivity contribution in [2.75, 3.05) is 26.2 Å². The summed E-state index contributed by atoms with van der Waals surface area (Å²) in [5, 5.41) is 2.80. The number of carbonyl (C=O) groups is 1. The second-order valence-electron chi connectivity index (χ2n) is 5.12. The van der Waals surface area contributed by atoms with Gasteiger partial charge in [-0.3, -0.25) is 9.69 Å². The molecule has 1 aromatic carbocycles. The molecule has 1 aliphatic rings. The number of rotatable bonds is 5. The van der Waals surface area contributed by atoms with Crippen LogP contribution in [0, 0.1) is 5.82 Å². The molecule has 1 aromatic rings. The fraction of sp³-hybridized carbons (Fsp3) is 0.438. The quantitative estimate of drug-likeness (QED) is 0.843. The predicted octanol–water partition coefficient (Wildman–Crippen LogP) is 1.89. The molecule has 0 spiro atoms. The molecular weight excluding hydrogens is 271 g/mol. The van der Waals surface area contributed by atoms with Crippen LogP contribution in [0.15, 0.2) is 36.9 Å². The van der Waals surface area contributed by atoms with E-state index in [4.69, 9.17) is 4.74 Å². The van der Waals surface area contributed by atoms with Crippen molar-refractivity contribution in [3.05, 3.63) is 48.3 Å². The van der Waals surface area contributed by atoms with E-state index in [0.29, 0.717) is 26.2 Å². The van der Waals surface area contributed by atoms with Gasteiger partial charge in [-0.1, -0.05) is 18.2 Å². The molecule has 5 heteroatoms. The topological polar surface area (TPSA) is 41.6 Å². The highest BCUT2D eigenvalue weighted by Crippen LogP contribution is 2.23. The Morgan fingerprint density at radius 3 is 2.95 bits per heavy atom. The summed E-state index contributed by atoms with van der Waals surface area (Å²) in [7, 11) is 0. The van der Waals surface area contributed by atoms with Crippen LogP contribution in [0.2, 0.25) is 0 Å². The highest BCUT2D eigenvalue weighted by molar-refractivity contribution is 5.81. The maximum atomic E-state index is 13.0. The number of halogens is 1. The van der Waals surface area contributed by atoms with Gasteiger partial charge in [-0.2, -0.15) is 0 Å². The van der Waals surface area contributed by atoms with Crippen molar-refractivity contribution in [1.82, 2.24) is 10.2 Å². The van der Waals surface area contributed by atoms with E-state index in [2.05, 4.69) is 16.8 Å². The first-order valence-corrected chi connectivity index (χ1v) is 7.11. The van der Waals surface area contributed by atoms with E-state index >= 15 is 0 Å². The van der Waals surface area contributed by atoms with Crippen LogP contribution in [0.4, 0.5) is 4.39 Å². The van der Waals surface area contributed by atoms with E-state index < -0.39 is 0 Å². The van der Waals surface area contributed by atoms with E-state index in [-0.39, 0.29) is 23.9 Å². The third-order valence-corrected chi connectivity index (χ3v) is 3.69. The lowest BCUT2D eigenvalue weighted by atomic mass is 10.1. The molecule has 2 unspecified atom stereocenters. The third kappa shape index (κ3) is 4.12. The van der Waals surface area contributed by atoms with Crippen molar-refractivity contribution in [3.8, 4) is 0 Å². The van der Waals surface area contributed by atoms with Gasteiger partial charge < -0.3 is 10.1 Å². The number of nitrogens with zero attached hydrogens (tertiary/aromatic N) is 1. The Kier molecular flexibility index (Phi) is 5.47. The van der Waals surface area contributed by atoms with Gasteiger partial charge in [-0.25, -0.2) is 4.39 Å². The second kappa shape index (κ2) is 7.33. The standard InChI is InChI=1S/C16H21FN2O2/c1-3-8-18-16(20)12(2)19-9-10-21-15(11-19)13-4-6-14(17)7-5-13/h3-7,12,15H,1,8-11H2,2H3,(H,18,20). The van der Waals surface area contributed by atoms with Crippen LogP contribution >= 0.6 is 0 Å². The Balaban J connectivity index is 1.98. The molecule has 1 fully saturated rings. The van der Waals surface area contributed by atoms with Crippen molar-refractivity contribution in [2.24, 2.45) is 0 Å². The lowest BCUT2D eigenvalue weighted by Gasteiger charge is -2.36. The molecule has 1 amide bonds. The van der Waals surface area contributed by atoms with Gasteiger partial charge in [0.2, 0.25) is 5.91 Å². The molecule has 0 bridgehead atoms. The minimum atomic E-state index is -0.261. The summed E-state index contributed by atoms with van der Waals surface area (Å²) < 4.78 is 18.7. The monoisotopic (exact) mass is 292 g/mol. The normalized spacial score (nSPS) is 20.8.